The maximum atomic E-state index is 13.2. The van der Waals surface area contributed by atoms with E-state index in [2.05, 4.69) is 10.6 Å². The Bertz CT molecular complexity index is 2880. The average Bonchev–Trinajstić information content (AvgIpc) is 3.09. The van der Waals surface area contributed by atoms with E-state index in [1.807, 2.05) is 0 Å². The number of fused-ring (bicyclic) bond motifs is 2. The Balaban J connectivity index is 1.17. The van der Waals surface area contributed by atoms with Crippen LogP contribution in [0.1, 0.15) is 11.1 Å². The van der Waals surface area contributed by atoms with E-state index in [9.17, 15) is 57.8 Å². The molecular formula is C35H30N4O13S4. The number of carbonyl (C=O) groups is 1. The fourth-order valence-corrected chi connectivity index (χ4v) is 9.25. The first kappa shape index (κ1) is 39.7. The molecule has 0 aromatic heterocycles. The van der Waals surface area contributed by atoms with Crippen LogP contribution in [-0.2, 0) is 40.3 Å². The summed E-state index contributed by atoms with van der Waals surface area (Å²) in [6.07, 6.45) is 0. The van der Waals surface area contributed by atoms with Crippen molar-refractivity contribution in [3.8, 4) is 11.5 Å². The average molecular weight is 843 g/mol. The third-order valence-corrected chi connectivity index (χ3v) is 13.1. The minimum absolute atomic E-state index is 0.120. The summed E-state index contributed by atoms with van der Waals surface area (Å²) in [5.74, 6) is -0.331. The van der Waals surface area contributed by atoms with Gasteiger partial charge in [0.1, 0.15) is 11.5 Å². The predicted molar refractivity (Wildman–Crippen MR) is 206 cm³/mol. The summed E-state index contributed by atoms with van der Waals surface area (Å²) in [6.45, 7) is 2.82. The van der Waals surface area contributed by atoms with Crippen molar-refractivity contribution >= 4 is 90.6 Å². The molecule has 0 heterocycles. The number of anilines is 4. The largest absolute Gasteiger partial charge is 0.507 e. The van der Waals surface area contributed by atoms with Crippen LogP contribution < -0.4 is 20.1 Å². The van der Waals surface area contributed by atoms with Gasteiger partial charge in [0.2, 0.25) is 0 Å². The second-order valence-electron chi connectivity index (χ2n) is 12.4. The highest BCUT2D eigenvalue weighted by Crippen LogP contribution is 2.36. The zero-order chi connectivity index (χ0) is 41.0. The van der Waals surface area contributed by atoms with E-state index in [0.29, 0.717) is 22.7 Å². The lowest BCUT2D eigenvalue weighted by Crippen LogP contribution is -2.42. The zero-order valence-electron chi connectivity index (χ0n) is 28.8. The van der Waals surface area contributed by atoms with Gasteiger partial charge >= 0.3 is 6.03 Å². The Hall–Kier alpha value is -5.97. The van der Waals surface area contributed by atoms with Gasteiger partial charge in [0.15, 0.2) is 0 Å². The van der Waals surface area contributed by atoms with Crippen molar-refractivity contribution in [1.82, 2.24) is 9.44 Å². The molecule has 21 heteroatoms. The van der Waals surface area contributed by atoms with E-state index >= 15 is 0 Å². The third-order valence-electron chi connectivity index (χ3n) is 8.47. The van der Waals surface area contributed by atoms with Crippen LogP contribution in [-0.4, -0.2) is 59.0 Å². The number of urea groups is 1. The topological polar surface area (TPSA) is 283 Å². The smallest absolute Gasteiger partial charge is 0.342 e. The van der Waals surface area contributed by atoms with Gasteiger partial charge in [-0.3, -0.25) is 9.11 Å². The first-order valence-electron chi connectivity index (χ1n) is 15.8. The van der Waals surface area contributed by atoms with Gasteiger partial charge < -0.3 is 20.8 Å². The molecule has 0 spiro atoms. The second-order valence-corrected chi connectivity index (χ2v) is 18.5. The number of phenolic OH excluding ortho intramolecular Hbond substituents is 2. The minimum Gasteiger partial charge on any atom is -0.507 e. The van der Waals surface area contributed by atoms with Crippen LogP contribution in [0.3, 0.4) is 0 Å². The molecule has 0 radical (unpaired) electrons. The standard InChI is InChI=1S/C35H30N4O13S4/c1-19-15-21(36-29-9-11-31(40)25-7-5-23(17-27(25)29)55(47,48)49)3-13-33(19)53(43,44)38-35(42)39-54(45,46)34-14-4-22(16-20(34)2)37-30-10-12-32(41)26-8-6-24(18-28(26)30)56(50,51)52/h3-18,36-37,40-41H,1-2H3,(H2,38,39,42)(H,47,48,49)(H,50,51,52). The van der Waals surface area contributed by atoms with Crippen molar-refractivity contribution in [2.24, 2.45) is 0 Å². The van der Waals surface area contributed by atoms with Crippen molar-refractivity contribution in [3.05, 3.63) is 108 Å². The quantitative estimate of drug-likeness (QED) is 0.0635. The first-order valence-corrected chi connectivity index (χ1v) is 21.7. The Morgan fingerprint density at radius 1 is 0.482 bits per heavy atom. The number of phenols is 2. The van der Waals surface area contributed by atoms with Gasteiger partial charge in [-0.15, -0.1) is 0 Å². The normalized spacial score (nSPS) is 12.4. The highest BCUT2D eigenvalue weighted by atomic mass is 32.2. The molecule has 2 amide bonds. The van der Waals surface area contributed by atoms with Crippen molar-refractivity contribution in [1.29, 1.82) is 0 Å². The van der Waals surface area contributed by atoms with Crippen LogP contribution in [0.15, 0.2) is 117 Å². The van der Waals surface area contributed by atoms with E-state index in [0.717, 1.165) is 36.4 Å². The Kier molecular flexibility index (Phi) is 10.1. The van der Waals surface area contributed by atoms with Gasteiger partial charge in [0.25, 0.3) is 40.3 Å². The molecule has 6 aromatic rings. The summed E-state index contributed by atoms with van der Waals surface area (Å²) in [4.78, 5) is 11.2. The van der Waals surface area contributed by atoms with Crippen LogP contribution in [0.5, 0.6) is 11.5 Å². The molecule has 8 N–H and O–H groups in total. The van der Waals surface area contributed by atoms with Gasteiger partial charge in [-0.05, 0) is 122 Å². The zero-order valence-corrected chi connectivity index (χ0v) is 32.1. The molecule has 292 valence electrons. The van der Waals surface area contributed by atoms with Crippen LogP contribution in [0.25, 0.3) is 21.5 Å². The number of aryl methyl sites for hydroxylation is 2. The molecule has 0 fully saturated rings. The molecule has 6 aromatic carbocycles. The lowest BCUT2D eigenvalue weighted by Gasteiger charge is -2.15. The van der Waals surface area contributed by atoms with Crippen LogP contribution in [0.2, 0.25) is 0 Å². The van der Waals surface area contributed by atoms with Gasteiger partial charge in [-0.1, -0.05) is 0 Å². The lowest BCUT2D eigenvalue weighted by molar-refractivity contribution is 0.250. The second kappa shape index (κ2) is 14.3. The fourth-order valence-electron chi connectivity index (χ4n) is 5.90. The fraction of sp³-hybridized carbons (Fsp3) is 0.0571. The Labute approximate surface area is 320 Å². The van der Waals surface area contributed by atoms with Crippen LogP contribution >= 0.6 is 0 Å². The summed E-state index contributed by atoms with van der Waals surface area (Å²) in [5, 5.41) is 27.5. The number of sulfonamides is 2. The van der Waals surface area contributed by atoms with Crippen LogP contribution in [0.4, 0.5) is 27.5 Å². The van der Waals surface area contributed by atoms with E-state index < -0.39 is 56.1 Å². The molecule has 6 rings (SSSR count). The highest BCUT2D eigenvalue weighted by Gasteiger charge is 2.26. The third kappa shape index (κ3) is 8.17. The summed E-state index contributed by atoms with van der Waals surface area (Å²) in [5.41, 5.74) is 1.45. The first-order chi connectivity index (χ1) is 26.0. The molecule has 0 saturated heterocycles. The molecule has 0 aliphatic carbocycles. The number of amides is 2. The molecule has 0 atom stereocenters. The Morgan fingerprint density at radius 3 is 1.20 bits per heavy atom. The number of benzene rings is 6. The maximum Gasteiger partial charge on any atom is 0.342 e. The van der Waals surface area contributed by atoms with Crippen LogP contribution in [0, 0.1) is 13.8 Å². The van der Waals surface area contributed by atoms with Crippen molar-refractivity contribution in [2.75, 3.05) is 10.6 Å². The van der Waals surface area contributed by atoms with E-state index in [4.69, 9.17) is 0 Å². The molecule has 0 aliphatic rings. The molecule has 0 bridgehead atoms. The van der Waals surface area contributed by atoms with Crippen molar-refractivity contribution in [2.45, 2.75) is 33.4 Å². The van der Waals surface area contributed by atoms with E-state index in [1.54, 1.807) is 9.44 Å². The molecule has 17 nitrogen and oxygen atoms in total. The van der Waals surface area contributed by atoms with E-state index in [-0.39, 0.29) is 54.0 Å². The van der Waals surface area contributed by atoms with Gasteiger partial charge in [-0.25, -0.2) is 31.1 Å². The van der Waals surface area contributed by atoms with Gasteiger partial charge in [-0.2, -0.15) is 16.8 Å². The summed E-state index contributed by atoms with van der Waals surface area (Å²) in [7, 11) is -18.4. The number of carbonyl (C=O) groups excluding carboxylic acids is 1. The molecule has 0 aliphatic heterocycles. The monoisotopic (exact) mass is 842 g/mol. The lowest BCUT2D eigenvalue weighted by atomic mass is 10.1. The number of hydrogen-bond acceptors (Lipinski definition) is 13. The maximum absolute atomic E-state index is 13.2. The summed E-state index contributed by atoms with van der Waals surface area (Å²) in [6, 6.07) is 18.8. The predicted octanol–water partition coefficient (Wildman–Crippen LogP) is 5.38. The van der Waals surface area contributed by atoms with Gasteiger partial charge in [0.05, 0.1) is 19.6 Å². The van der Waals surface area contributed by atoms with Crippen molar-refractivity contribution < 1.29 is 57.8 Å². The highest BCUT2D eigenvalue weighted by molar-refractivity contribution is 7.91. The number of rotatable bonds is 10. The summed E-state index contributed by atoms with van der Waals surface area (Å²) >= 11 is 0. The molecule has 56 heavy (non-hydrogen) atoms. The molecule has 0 saturated carbocycles. The molecular weight excluding hydrogens is 813 g/mol. The minimum atomic E-state index is -4.64. The van der Waals surface area contributed by atoms with E-state index in [1.165, 1.54) is 74.5 Å². The SMILES string of the molecule is Cc1cc(Nc2ccc(O)c3ccc(S(=O)(=O)O)cc23)ccc1S(=O)(=O)NC(=O)NS(=O)(=O)c1ccc(Nc2ccc(O)c3ccc(S(=O)(=O)O)cc23)cc1C. The summed E-state index contributed by atoms with van der Waals surface area (Å²) < 4.78 is 122. The Morgan fingerprint density at radius 2 is 0.857 bits per heavy atom. The van der Waals surface area contributed by atoms with Gasteiger partial charge in [0, 0.05) is 44.3 Å². The molecule has 0 unspecified atom stereocenters. The number of aromatic hydroxyl groups is 2. The number of nitrogens with one attached hydrogen (secondary N) is 4. The number of hydrogen-bond donors (Lipinski definition) is 8. The van der Waals surface area contributed by atoms with Crippen molar-refractivity contribution in [3.63, 3.8) is 0 Å².